The highest BCUT2D eigenvalue weighted by molar-refractivity contribution is 4.38. The van der Waals surface area contributed by atoms with Crippen molar-refractivity contribution in [1.29, 1.82) is 0 Å². The zero-order valence-corrected chi connectivity index (χ0v) is 3.98. The number of hydrogen-bond acceptors (Lipinski definition) is 2. The molecule has 0 heterocycles. The van der Waals surface area contributed by atoms with Crippen molar-refractivity contribution in [1.82, 2.24) is 0 Å². The third-order valence-electron chi connectivity index (χ3n) is 0.658. The van der Waals surface area contributed by atoms with E-state index in [4.69, 9.17) is 11.5 Å². The van der Waals surface area contributed by atoms with Crippen LogP contribution < -0.4 is 11.5 Å². The van der Waals surface area contributed by atoms with E-state index in [1.165, 1.54) is 0 Å². The Labute approximate surface area is 38.5 Å². The van der Waals surface area contributed by atoms with Crippen LogP contribution in [0, 0.1) is 0 Å². The minimum Gasteiger partial charge on any atom is -0.330 e. The molecule has 2 nitrogen and oxygen atoms in total. The molecule has 0 aliphatic rings. The first-order chi connectivity index (χ1) is 2.91. The maximum Gasteiger partial charge on any atom is -0.00768 e. The van der Waals surface area contributed by atoms with Crippen molar-refractivity contribution < 1.29 is 0 Å². The summed E-state index contributed by atoms with van der Waals surface area (Å²) in [6, 6.07) is 0. The van der Waals surface area contributed by atoms with E-state index in [2.05, 4.69) is 0 Å². The van der Waals surface area contributed by atoms with Crippen LogP contribution in [0.25, 0.3) is 0 Å². The van der Waals surface area contributed by atoms with E-state index in [-0.39, 0.29) is 0 Å². The Kier molecular flexibility index (Phi) is 4.85. The summed E-state index contributed by atoms with van der Waals surface area (Å²) >= 11 is 0. The van der Waals surface area contributed by atoms with Crippen LogP contribution in [0.4, 0.5) is 0 Å². The number of hydrogen-bond donors (Lipinski definition) is 2. The van der Waals surface area contributed by atoms with Crippen molar-refractivity contribution in [3.8, 4) is 0 Å². The lowest BCUT2D eigenvalue weighted by Crippen LogP contribution is -2.03. The predicted molar refractivity (Wildman–Crippen MR) is 27.3 cm³/mol. The van der Waals surface area contributed by atoms with Gasteiger partial charge >= 0.3 is 0 Å². The SMILES string of the molecule is NCCC[11CH2]N. The third kappa shape index (κ3) is 3.92. The highest BCUT2D eigenvalue weighted by Gasteiger charge is 1.75. The molecular weight excluding hydrogens is 75.1 g/mol. The maximum absolute atomic E-state index is 5.16. The zero-order valence-electron chi connectivity index (χ0n) is 3.98. The number of rotatable bonds is 3. The Morgan fingerprint density at radius 1 is 0.833 bits per heavy atom. The summed E-state index contributed by atoms with van der Waals surface area (Å²) in [5, 5.41) is 0. The molecule has 0 aliphatic carbocycles. The van der Waals surface area contributed by atoms with Gasteiger partial charge in [-0.25, -0.2) is 0 Å². The van der Waals surface area contributed by atoms with Gasteiger partial charge < -0.3 is 11.5 Å². The van der Waals surface area contributed by atoms with Crippen molar-refractivity contribution >= 4 is 0 Å². The predicted octanol–water partition coefficient (Wildman–Crippen LogP) is -0.316. The van der Waals surface area contributed by atoms with Crippen LogP contribution in [0.2, 0.25) is 0 Å². The zero-order chi connectivity index (χ0) is 4.83. The molecule has 6 heavy (non-hydrogen) atoms. The van der Waals surface area contributed by atoms with Gasteiger partial charge in [0.2, 0.25) is 0 Å². The molecule has 0 atom stereocenters. The second kappa shape index (κ2) is 4.92. The summed E-state index contributed by atoms with van der Waals surface area (Å²) in [6.45, 7) is 1.55. The Morgan fingerprint density at radius 2 is 1.17 bits per heavy atom. The first kappa shape index (κ1) is 5.92. The second-order valence-corrected chi connectivity index (χ2v) is 1.28. The fraction of sp³-hybridized carbons (Fsp3) is 1.00. The molecule has 0 aliphatic heterocycles. The van der Waals surface area contributed by atoms with Gasteiger partial charge in [0.15, 0.2) is 0 Å². The lowest BCUT2D eigenvalue weighted by molar-refractivity contribution is 0.755. The van der Waals surface area contributed by atoms with Gasteiger partial charge in [-0.3, -0.25) is 0 Å². The van der Waals surface area contributed by atoms with Gasteiger partial charge in [0, 0.05) is 0 Å². The number of unbranched alkanes of at least 4 members (excludes halogenated alkanes) is 1. The fourth-order valence-electron chi connectivity index (χ4n) is 0.289. The van der Waals surface area contributed by atoms with Crippen molar-refractivity contribution in [3.63, 3.8) is 0 Å². The van der Waals surface area contributed by atoms with Crippen LogP contribution >= 0.6 is 0 Å². The molecule has 0 radical (unpaired) electrons. The highest BCUT2D eigenvalue weighted by Crippen LogP contribution is 1.77. The van der Waals surface area contributed by atoms with E-state index in [1.807, 2.05) is 0 Å². The first-order valence-corrected chi connectivity index (χ1v) is 2.32. The standard InChI is InChI=1S/C4H12N2/c5-3-1-2-4-6/h1-6H2/i3-1. The summed E-state index contributed by atoms with van der Waals surface area (Å²) < 4.78 is 0. The van der Waals surface area contributed by atoms with Crippen molar-refractivity contribution in [2.45, 2.75) is 12.8 Å². The van der Waals surface area contributed by atoms with Crippen molar-refractivity contribution in [3.05, 3.63) is 0 Å². The smallest absolute Gasteiger partial charge is 0.00768 e. The topological polar surface area (TPSA) is 52.0 Å². The molecule has 0 saturated carbocycles. The van der Waals surface area contributed by atoms with Gasteiger partial charge in [0.1, 0.15) is 0 Å². The quantitative estimate of drug-likeness (QED) is 0.464. The van der Waals surface area contributed by atoms with Crippen LogP contribution in [0.15, 0.2) is 0 Å². The van der Waals surface area contributed by atoms with E-state index in [9.17, 15) is 0 Å². The molecule has 0 bridgehead atoms. The molecule has 38 valence electrons. The molecule has 0 rings (SSSR count). The Morgan fingerprint density at radius 3 is 1.33 bits per heavy atom. The molecule has 0 spiro atoms. The second-order valence-electron chi connectivity index (χ2n) is 1.28. The minimum atomic E-state index is 0.775. The van der Waals surface area contributed by atoms with Gasteiger partial charge in [0.05, 0.1) is 0 Å². The van der Waals surface area contributed by atoms with Gasteiger partial charge in [0.25, 0.3) is 0 Å². The summed E-state index contributed by atoms with van der Waals surface area (Å²) in [5.41, 5.74) is 10.3. The lowest BCUT2D eigenvalue weighted by atomic mass is 10.0. The monoisotopic (exact) mass is 87.1 g/mol. The molecule has 4 N–H and O–H groups in total. The lowest BCUT2D eigenvalue weighted by Gasteiger charge is -1.87. The molecule has 0 fully saturated rings. The van der Waals surface area contributed by atoms with E-state index >= 15 is 0 Å². The van der Waals surface area contributed by atoms with Gasteiger partial charge in [-0.15, -0.1) is 0 Å². The van der Waals surface area contributed by atoms with E-state index in [0.29, 0.717) is 0 Å². The highest BCUT2D eigenvalue weighted by atomic mass is 14.5. The average Bonchev–Trinajstić information content (AvgIpc) is 1.61. The fourth-order valence-corrected chi connectivity index (χ4v) is 0.289. The Bertz CT molecular complexity index is 17.5. The van der Waals surface area contributed by atoms with Crippen molar-refractivity contribution in [2.75, 3.05) is 13.1 Å². The molecule has 2 heteroatoms. The maximum atomic E-state index is 5.16. The Hall–Kier alpha value is -0.0800. The minimum absolute atomic E-state index is 0.775. The summed E-state index contributed by atoms with van der Waals surface area (Å²) in [4.78, 5) is 0. The van der Waals surface area contributed by atoms with Gasteiger partial charge in [-0.05, 0) is 25.9 Å². The van der Waals surface area contributed by atoms with Gasteiger partial charge in [-0.1, -0.05) is 0 Å². The molecule has 0 unspecified atom stereocenters. The largest absolute Gasteiger partial charge is 0.330 e. The van der Waals surface area contributed by atoms with Crippen LogP contribution in [-0.2, 0) is 0 Å². The van der Waals surface area contributed by atoms with E-state index in [1.54, 1.807) is 0 Å². The van der Waals surface area contributed by atoms with E-state index in [0.717, 1.165) is 25.9 Å². The first-order valence-electron chi connectivity index (χ1n) is 2.32. The summed E-state index contributed by atoms with van der Waals surface area (Å²) in [7, 11) is 0. The normalized spacial score (nSPS) is 9.00. The van der Waals surface area contributed by atoms with E-state index < -0.39 is 0 Å². The molecule has 0 amide bonds. The van der Waals surface area contributed by atoms with Gasteiger partial charge in [-0.2, -0.15) is 0 Å². The van der Waals surface area contributed by atoms with Crippen LogP contribution in [0.5, 0.6) is 0 Å². The summed E-state index contributed by atoms with van der Waals surface area (Å²) in [6.07, 6.45) is 2.13. The molecule has 0 aromatic rings. The van der Waals surface area contributed by atoms with Crippen LogP contribution in [-0.4, -0.2) is 13.1 Å². The summed E-state index contributed by atoms with van der Waals surface area (Å²) in [5.74, 6) is 0. The number of nitrogens with two attached hydrogens (primary N) is 2. The van der Waals surface area contributed by atoms with Crippen LogP contribution in [0.1, 0.15) is 12.8 Å². The average molecular weight is 87.2 g/mol. The third-order valence-corrected chi connectivity index (χ3v) is 0.658. The molecule has 0 aromatic heterocycles. The molecule has 0 aromatic carbocycles. The Balaban J connectivity index is 2.34. The molecular formula is C4H12N2. The van der Waals surface area contributed by atoms with Crippen LogP contribution in [0.3, 0.4) is 0 Å². The molecule has 0 saturated heterocycles. The van der Waals surface area contributed by atoms with Crippen molar-refractivity contribution in [2.24, 2.45) is 11.5 Å².